The Balaban J connectivity index is 1.98. The molecule has 4 nitrogen and oxygen atoms in total. The molecule has 2 aromatic rings. The van der Waals surface area contributed by atoms with E-state index in [0.29, 0.717) is 5.69 Å². The van der Waals surface area contributed by atoms with Crippen LogP contribution in [0.3, 0.4) is 0 Å². The van der Waals surface area contributed by atoms with E-state index < -0.39 is 0 Å². The van der Waals surface area contributed by atoms with E-state index in [0.717, 1.165) is 27.8 Å². The number of benzene rings is 1. The third kappa shape index (κ3) is 4.74. The average Bonchev–Trinajstić information content (AvgIpc) is 3.03. The molecule has 0 saturated carbocycles. The third-order valence-corrected chi connectivity index (χ3v) is 5.42. The van der Waals surface area contributed by atoms with E-state index in [1.165, 1.54) is 11.3 Å². The number of aromatic nitrogens is 1. The van der Waals surface area contributed by atoms with Gasteiger partial charge in [-0.1, -0.05) is 0 Å². The molecule has 1 aromatic carbocycles. The van der Waals surface area contributed by atoms with Gasteiger partial charge in [-0.15, -0.1) is 23.1 Å². The molecule has 22 heavy (non-hydrogen) atoms. The van der Waals surface area contributed by atoms with Crippen molar-refractivity contribution in [3.8, 4) is 0 Å². The Kier molecular flexibility index (Phi) is 6.75. The minimum atomic E-state index is -0.198. The van der Waals surface area contributed by atoms with Crippen LogP contribution in [0.25, 0.3) is 0 Å². The highest BCUT2D eigenvalue weighted by Gasteiger charge is 2.15. The van der Waals surface area contributed by atoms with Crippen molar-refractivity contribution in [2.45, 2.75) is 17.4 Å². The first-order valence-electron chi connectivity index (χ1n) is 6.79. The van der Waals surface area contributed by atoms with Crippen LogP contribution in [-0.4, -0.2) is 29.2 Å². The van der Waals surface area contributed by atoms with Crippen LogP contribution in [0.5, 0.6) is 0 Å². The summed E-state index contributed by atoms with van der Waals surface area (Å²) in [6.07, 6.45) is 4.94. The van der Waals surface area contributed by atoms with Crippen molar-refractivity contribution in [1.82, 2.24) is 4.98 Å². The fraction of sp³-hybridized carbons (Fsp3) is 0.333. The van der Waals surface area contributed by atoms with Gasteiger partial charge in [0.05, 0.1) is 6.04 Å². The molecule has 1 aromatic heterocycles. The molecule has 1 amide bonds. The van der Waals surface area contributed by atoms with Gasteiger partial charge in [-0.25, -0.2) is 4.98 Å². The first-order chi connectivity index (χ1) is 10.6. The number of carbonyl (C=O) groups excluding carboxylic acids is 1. The molecule has 0 aliphatic heterocycles. The predicted octanol–water partition coefficient (Wildman–Crippen LogP) is 3.87. The summed E-state index contributed by atoms with van der Waals surface area (Å²) in [4.78, 5) is 17.7. The van der Waals surface area contributed by atoms with Gasteiger partial charge >= 0.3 is 0 Å². The topological polar surface area (TPSA) is 68.0 Å². The second-order valence-electron chi connectivity index (χ2n) is 4.64. The van der Waals surface area contributed by atoms with Crippen molar-refractivity contribution in [3.63, 3.8) is 0 Å². The van der Waals surface area contributed by atoms with Crippen molar-refractivity contribution in [2.75, 3.05) is 23.6 Å². The van der Waals surface area contributed by atoms with Crippen LogP contribution in [0.15, 0.2) is 34.5 Å². The predicted molar refractivity (Wildman–Crippen MR) is 98.2 cm³/mol. The molecule has 1 heterocycles. The first kappa shape index (κ1) is 17.3. The number of thioether (sulfide) groups is 2. The molecular formula is C15H19N3OS3. The second kappa shape index (κ2) is 8.57. The SMILES string of the molecule is CSCCC(N)c1nc(C(=O)Nc2ccc(SC)cc2)cs1. The minimum absolute atomic E-state index is 0.0973. The standard InChI is InChI=1S/C15H19N3OS3/c1-20-8-7-12(16)15-18-13(9-22-15)14(19)17-10-3-5-11(21-2)6-4-10/h3-6,9,12H,7-8,16H2,1-2H3,(H,17,19). The number of nitrogens with zero attached hydrogens (tertiary/aromatic N) is 1. The Labute approximate surface area is 143 Å². The Bertz CT molecular complexity index is 613. The largest absolute Gasteiger partial charge is 0.322 e. The summed E-state index contributed by atoms with van der Waals surface area (Å²) >= 11 is 4.87. The van der Waals surface area contributed by atoms with E-state index in [-0.39, 0.29) is 11.9 Å². The Hall–Kier alpha value is -1.02. The average molecular weight is 354 g/mol. The number of rotatable bonds is 7. The number of anilines is 1. The van der Waals surface area contributed by atoms with Crippen LogP contribution in [0.1, 0.15) is 28.0 Å². The molecule has 0 aliphatic carbocycles. The molecule has 3 N–H and O–H groups in total. The smallest absolute Gasteiger partial charge is 0.275 e. The molecule has 2 rings (SSSR count). The van der Waals surface area contributed by atoms with E-state index in [2.05, 4.69) is 16.6 Å². The molecular weight excluding hydrogens is 334 g/mol. The first-order valence-corrected chi connectivity index (χ1v) is 10.3. The number of hydrogen-bond acceptors (Lipinski definition) is 6. The van der Waals surface area contributed by atoms with Crippen molar-refractivity contribution in [1.29, 1.82) is 0 Å². The molecule has 0 fully saturated rings. The molecule has 0 radical (unpaired) electrons. The lowest BCUT2D eigenvalue weighted by Crippen LogP contribution is -2.14. The highest BCUT2D eigenvalue weighted by atomic mass is 32.2. The zero-order valence-corrected chi connectivity index (χ0v) is 15.0. The van der Waals surface area contributed by atoms with Gasteiger partial charge in [0.25, 0.3) is 5.91 Å². The quantitative estimate of drug-likeness (QED) is 0.740. The molecule has 0 bridgehead atoms. The van der Waals surface area contributed by atoms with Gasteiger partial charge in [0, 0.05) is 16.0 Å². The lowest BCUT2D eigenvalue weighted by atomic mass is 10.2. The van der Waals surface area contributed by atoms with Gasteiger partial charge in [0.2, 0.25) is 0 Å². The van der Waals surface area contributed by atoms with Gasteiger partial charge in [0.1, 0.15) is 10.7 Å². The number of thiazole rings is 1. The van der Waals surface area contributed by atoms with Gasteiger partial charge in [-0.2, -0.15) is 11.8 Å². The number of hydrogen-bond donors (Lipinski definition) is 2. The van der Waals surface area contributed by atoms with Crippen molar-refractivity contribution < 1.29 is 4.79 Å². The third-order valence-electron chi connectivity index (χ3n) is 3.05. The zero-order chi connectivity index (χ0) is 15.9. The fourth-order valence-electron chi connectivity index (χ4n) is 1.80. The van der Waals surface area contributed by atoms with E-state index in [9.17, 15) is 4.79 Å². The lowest BCUT2D eigenvalue weighted by Gasteiger charge is -2.06. The van der Waals surface area contributed by atoms with E-state index in [1.807, 2.05) is 30.5 Å². The summed E-state index contributed by atoms with van der Waals surface area (Å²) < 4.78 is 0. The maximum Gasteiger partial charge on any atom is 0.275 e. The van der Waals surface area contributed by atoms with Gasteiger partial charge in [0.15, 0.2) is 0 Å². The van der Waals surface area contributed by atoms with Crippen molar-refractivity contribution >= 4 is 46.5 Å². The summed E-state index contributed by atoms with van der Waals surface area (Å²) in [5.74, 6) is 0.792. The summed E-state index contributed by atoms with van der Waals surface area (Å²) in [6.45, 7) is 0. The molecule has 7 heteroatoms. The van der Waals surface area contributed by atoms with E-state index in [4.69, 9.17) is 5.73 Å². The summed E-state index contributed by atoms with van der Waals surface area (Å²) in [5, 5.41) is 5.44. The van der Waals surface area contributed by atoms with Crippen molar-refractivity contribution in [2.24, 2.45) is 5.73 Å². The van der Waals surface area contributed by atoms with Crippen LogP contribution in [-0.2, 0) is 0 Å². The van der Waals surface area contributed by atoms with Crippen molar-refractivity contribution in [3.05, 3.63) is 40.3 Å². The van der Waals surface area contributed by atoms with Crippen LogP contribution >= 0.6 is 34.9 Å². The maximum absolute atomic E-state index is 12.2. The number of nitrogens with two attached hydrogens (primary N) is 1. The normalized spacial score (nSPS) is 12.1. The number of carbonyl (C=O) groups is 1. The number of nitrogens with one attached hydrogen (secondary N) is 1. The fourth-order valence-corrected chi connectivity index (χ4v) is 3.53. The maximum atomic E-state index is 12.2. The van der Waals surface area contributed by atoms with Crippen LogP contribution in [0.4, 0.5) is 5.69 Å². The highest BCUT2D eigenvalue weighted by molar-refractivity contribution is 7.98. The monoisotopic (exact) mass is 353 g/mol. The Morgan fingerprint density at radius 2 is 2.09 bits per heavy atom. The van der Waals surface area contributed by atoms with Crippen LogP contribution < -0.4 is 11.1 Å². The highest BCUT2D eigenvalue weighted by Crippen LogP contribution is 2.22. The summed E-state index contributed by atoms with van der Waals surface area (Å²) in [7, 11) is 0. The second-order valence-corrected chi connectivity index (χ2v) is 7.40. The Morgan fingerprint density at radius 3 is 2.73 bits per heavy atom. The molecule has 1 atom stereocenters. The molecule has 1 unspecified atom stereocenters. The minimum Gasteiger partial charge on any atom is -0.322 e. The summed E-state index contributed by atoms with van der Waals surface area (Å²) in [6, 6.07) is 7.64. The van der Waals surface area contributed by atoms with Gasteiger partial charge < -0.3 is 11.1 Å². The molecule has 0 spiro atoms. The van der Waals surface area contributed by atoms with Crippen LogP contribution in [0, 0.1) is 0 Å². The zero-order valence-electron chi connectivity index (χ0n) is 12.5. The molecule has 118 valence electrons. The van der Waals surface area contributed by atoms with Gasteiger partial charge in [-0.05, 0) is 49.0 Å². The number of amides is 1. The van der Waals surface area contributed by atoms with Gasteiger partial charge in [-0.3, -0.25) is 4.79 Å². The van der Waals surface area contributed by atoms with Crippen LogP contribution in [0.2, 0.25) is 0 Å². The Morgan fingerprint density at radius 1 is 1.36 bits per heavy atom. The lowest BCUT2D eigenvalue weighted by molar-refractivity contribution is 0.102. The van der Waals surface area contributed by atoms with E-state index >= 15 is 0 Å². The molecule has 0 aliphatic rings. The van der Waals surface area contributed by atoms with E-state index in [1.54, 1.807) is 28.9 Å². The summed E-state index contributed by atoms with van der Waals surface area (Å²) in [5.41, 5.74) is 7.27. The molecule has 0 saturated heterocycles.